The first-order valence-corrected chi connectivity index (χ1v) is 7.21. The van der Waals surface area contributed by atoms with E-state index in [1.807, 2.05) is 18.2 Å². The average molecular weight is 262 g/mol. The summed E-state index contributed by atoms with van der Waals surface area (Å²) in [7, 11) is 0. The van der Waals surface area contributed by atoms with Gasteiger partial charge in [0.05, 0.1) is 12.7 Å². The topological polar surface area (TPSA) is 18.5 Å². The Bertz CT molecular complexity index is 332. The highest BCUT2D eigenvalue weighted by Crippen LogP contribution is 2.04. The third-order valence-corrected chi connectivity index (χ3v) is 2.91. The normalized spacial score (nSPS) is 12.9. The van der Waals surface area contributed by atoms with E-state index in [9.17, 15) is 0 Å². The molecule has 0 saturated heterocycles. The Morgan fingerprint density at radius 2 is 1.95 bits per heavy atom. The smallest absolute Gasteiger partial charge is 0.147 e. The number of hydrogen-bond donors (Lipinski definition) is 0. The van der Waals surface area contributed by atoms with Gasteiger partial charge in [0.25, 0.3) is 0 Å². The monoisotopic (exact) mass is 262 g/mol. The quantitative estimate of drug-likeness (QED) is 0.345. The van der Waals surface area contributed by atoms with Crippen molar-refractivity contribution in [3.05, 3.63) is 48.0 Å². The molecule has 1 rings (SSSR count). The van der Waals surface area contributed by atoms with Gasteiger partial charge in [0, 0.05) is 0 Å². The molecule has 2 nitrogen and oxygen atoms in total. The van der Waals surface area contributed by atoms with Gasteiger partial charge in [0.2, 0.25) is 0 Å². The summed E-state index contributed by atoms with van der Waals surface area (Å²) < 4.78 is 11.1. The highest BCUT2D eigenvalue weighted by molar-refractivity contribution is 5.13. The van der Waals surface area contributed by atoms with Gasteiger partial charge < -0.3 is 9.47 Å². The van der Waals surface area contributed by atoms with Crippen molar-refractivity contribution in [3.63, 3.8) is 0 Å². The Labute approximate surface area is 117 Å². The van der Waals surface area contributed by atoms with E-state index in [1.54, 1.807) is 0 Å². The van der Waals surface area contributed by atoms with Gasteiger partial charge in [-0.2, -0.15) is 0 Å². The number of rotatable bonds is 10. The molecule has 0 bridgehead atoms. The third kappa shape index (κ3) is 8.57. The lowest BCUT2D eigenvalue weighted by molar-refractivity contribution is -0.0893. The van der Waals surface area contributed by atoms with Crippen LogP contribution in [0.1, 0.15) is 45.1 Å². The fourth-order valence-electron chi connectivity index (χ4n) is 1.69. The first-order valence-electron chi connectivity index (χ1n) is 7.21. The SMILES string of the molecule is CCCC/C=C/C[C@@H](C)OCOCc1ccccc1. The summed E-state index contributed by atoms with van der Waals surface area (Å²) in [6.45, 7) is 5.26. The molecule has 0 aliphatic heterocycles. The third-order valence-electron chi connectivity index (χ3n) is 2.91. The molecule has 106 valence electrons. The van der Waals surface area contributed by atoms with E-state index in [0.717, 1.165) is 6.42 Å². The molecule has 0 unspecified atom stereocenters. The molecule has 0 heterocycles. The maximum absolute atomic E-state index is 5.60. The summed E-state index contributed by atoms with van der Waals surface area (Å²) in [4.78, 5) is 0. The van der Waals surface area contributed by atoms with E-state index < -0.39 is 0 Å². The molecule has 0 saturated carbocycles. The van der Waals surface area contributed by atoms with Gasteiger partial charge in [-0.05, 0) is 25.3 Å². The van der Waals surface area contributed by atoms with E-state index in [2.05, 4.69) is 38.1 Å². The van der Waals surface area contributed by atoms with Crippen LogP contribution in [0.2, 0.25) is 0 Å². The molecule has 1 aromatic rings. The zero-order valence-corrected chi connectivity index (χ0v) is 12.2. The highest BCUT2D eigenvalue weighted by Gasteiger charge is 1.99. The van der Waals surface area contributed by atoms with Crippen molar-refractivity contribution < 1.29 is 9.47 Å². The van der Waals surface area contributed by atoms with Crippen molar-refractivity contribution in [2.24, 2.45) is 0 Å². The standard InChI is InChI=1S/C17H26O2/c1-3-4-5-6-8-11-16(2)19-15-18-14-17-12-9-7-10-13-17/h6-10,12-13,16H,3-5,11,14-15H2,1-2H3/b8-6+/t16-/m1/s1. The summed E-state index contributed by atoms with van der Waals surface area (Å²) in [5.74, 6) is 0. The second kappa shape index (κ2) is 10.8. The number of allylic oxidation sites excluding steroid dienone is 1. The van der Waals surface area contributed by atoms with E-state index in [1.165, 1.54) is 24.8 Å². The fourth-order valence-corrected chi connectivity index (χ4v) is 1.69. The molecule has 0 spiro atoms. The van der Waals surface area contributed by atoms with Gasteiger partial charge in [-0.1, -0.05) is 62.2 Å². The minimum Gasteiger partial charge on any atom is -0.352 e. The van der Waals surface area contributed by atoms with Crippen LogP contribution in [0, 0.1) is 0 Å². The Morgan fingerprint density at radius 3 is 2.68 bits per heavy atom. The largest absolute Gasteiger partial charge is 0.352 e. The number of benzene rings is 1. The first kappa shape index (κ1) is 15.9. The van der Waals surface area contributed by atoms with Gasteiger partial charge in [-0.25, -0.2) is 0 Å². The zero-order chi connectivity index (χ0) is 13.8. The molecule has 2 heteroatoms. The van der Waals surface area contributed by atoms with Crippen LogP contribution in [0.3, 0.4) is 0 Å². The highest BCUT2D eigenvalue weighted by atomic mass is 16.7. The van der Waals surface area contributed by atoms with E-state index in [0.29, 0.717) is 13.4 Å². The Balaban J connectivity index is 2.01. The second-order valence-electron chi connectivity index (χ2n) is 4.78. The summed E-state index contributed by atoms with van der Waals surface area (Å²) >= 11 is 0. The van der Waals surface area contributed by atoms with Gasteiger partial charge in [-0.3, -0.25) is 0 Å². The lowest BCUT2D eigenvalue weighted by atomic mass is 10.2. The van der Waals surface area contributed by atoms with Crippen molar-refractivity contribution in [1.82, 2.24) is 0 Å². The minimum atomic E-state index is 0.216. The predicted molar refractivity (Wildman–Crippen MR) is 79.9 cm³/mol. The molecule has 0 aliphatic rings. The lowest BCUT2D eigenvalue weighted by Gasteiger charge is -2.11. The zero-order valence-electron chi connectivity index (χ0n) is 12.2. The lowest BCUT2D eigenvalue weighted by Crippen LogP contribution is -2.10. The molecule has 1 aromatic carbocycles. The maximum atomic E-state index is 5.60. The van der Waals surface area contributed by atoms with E-state index in [4.69, 9.17) is 9.47 Å². The Kier molecular flexibility index (Phi) is 9.03. The molecule has 0 aromatic heterocycles. The van der Waals surface area contributed by atoms with Crippen molar-refractivity contribution in [2.75, 3.05) is 6.79 Å². The van der Waals surface area contributed by atoms with Gasteiger partial charge in [0.15, 0.2) is 0 Å². The summed E-state index contributed by atoms with van der Waals surface area (Å²) in [5, 5.41) is 0. The first-order chi connectivity index (χ1) is 9.33. The van der Waals surface area contributed by atoms with Crippen LogP contribution in [-0.4, -0.2) is 12.9 Å². The number of ether oxygens (including phenoxy) is 2. The molecule has 0 fully saturated rings. The molecule has 19 heavy (non-hydrogen) atoms. The predicted octanol–water partition coefficient (Wildman–Crippen LogP) is 4.70. The summed E-state index contributed by atoms with van der Waals surface area (Å²) in [5.41, 5.74) is 1.18. The van der Waals surface area contributed by atoms with Crippen LogP contribution in [0.15, 0.2) is 42.5 Å². The molecular formula is C17H26O2. The average Bonchev–Trinajstić information content (AvgIpc) is 2.44. The second-order valence-corrected chi connectivity index (χ2v) is 4.78. The Morgan fingerprint density at radius 1 is 1.16 bits per heavy atom. The van der Waals surface area contributed by atoms with Gasteiger partial charge in [-0.15, -0.1) is 0 Å². The number of unbranched alkanes of at least 4 members (excludes halogenated alkanes) is 2. The fraction of sp³-hybridized carbons (Fsp3) is 0.529. The van der Waals surface area contributed by atoms with Crippen LogP contribution < -0.4 is 0 Å². The van der Waals surface area contributed by atoms with E-state index >= 15 is 0 Å². The molecule has 0 amide bonds. The molecule has 0 aliphatic carbocycles. The number of hydrogen-bond acceptors (Lipinski definition) is 2. The van der Waals surface area contributed by atoms with Crippen molar-refractivity contribution in [2.45, 2.75) is 52.2 Å². The van der Waals surface area contributed by atoms with Gasteiger partial charge in [0.1, 0.15) is 6.79 Å². The summed E-state index contributed by atoms with van der Waals surface area (Å²) in [6, 6.07) is 10.2. The summed E-state index contributed by atoms with van der Waals surface area (Å²) in [6.07, 6.45) is 9.32. The van der Waals surface area contributed by atoms with Crippen molar-refractivity contribution in [1.29, 1.82) is 0 Å². The van der Waals surface area contributed by atoms with Crippen LogP contribution in [0.5, 0.6) is 0 Å². The molecule has 0 radical (unpaired) electrons. The van der Waals surface area contributed by atoms with Crippen LogP contribution in [-0.2, 0) is 16.1 Å². The van der Waals surface area contributed by atoms with E-state index in [-0.39, 0.29) is 6.10 Å². The van der Waals surface area contributed by atoms with Crippen LogP contribution >= 0.6 is 0 Å². The minimum absolute atomic E-state index is 0.216. The molecule has 0 N–H and O–H groups in total. The molecular weight excluding hydrogens is 236 g/mol. The van der Waals surface area contributed by atoms with Crippen LogP contribution in [0.25, 0.3) is 0 Å². The Hall–Kier alpha value is -1.12. The van der Waals surface area contributed by atoms with Gasteiger partial charge >= 0.3 is 0 Å². The van der Waals surface area contributed by atoms with Crippen molar-refractivity contribution in [3.8, 4) is 0 Å². The maximum Gasteiger partial charge on any atom is 0.147 e. The van der Waals surface area contributed by atoms with Crippen molar-refractivity contribution >= 4 is 0 Å². The van der Waals surface area contributed by atoms with Crippen LogP contribution in [0.4, 0.5) is 0 Å². The molecule has 1 atom stereocenters.